The lowest BCUT2D eigenvalue weighted by Gasteiger charge is -2.03. The van der Waals surface area contributed by atoms with Crippen molar-refractivity contribution < 1.29 is 19.6 Å². The van der Waals surface area contributed by atoms with Crippen LogP contribution in [0.1, 0.15) is 15.9 Å². The van der Waals surface area contributed by atoms with Crippen LogP contribution in [0.4, 0.5) is 17.1 Å². The number of nitro groups is 1. The summed E-state index contributed by atoms with van der Waals surface area (Å²) in [7, 11) is 0. The number of anilines is 1. The zero-order chi connectivity index (χ0) is 32.2. The number of ketones is 1. The fraction of sp³-hybridized carbons (Fsp3) is 0.0645. The molecule has 2 heterocycles. The number of aromatic hydroxyl groups is 1. The standard InChI is InChI=1S/C31H20BrN5O5S4/c32-19-3-1-17(2-4-19)26(39)15-43-30-35-24-9-6-21(13-28(24)46-30)34-29(40)16-44-31-36-23-8-5-20(12-27(23)45-31)33-14-18-11-22(37(41)42)7-10-25(18)38/h1-14,38H,15-16H2,(H,34,40). The van der Waals surface area contributed by atoms with Crippen molar-refractivity contribution in [2.45, 2.75) is 8.68 Å². The molecule has 0 atom stereocenters. The Morgan fingerprint density at radius 1 is 0.913 bits per heavy atom. The van der Waals surface area contributed by atoms with Crippen LogP contribution in [0.15, 0.2) is 97.0 Å². The van der Waals surface area contributed by atoms with Gasteiger partial charge in [-0.15, -0.1) is 22.7 Å². The van der Waals surface area contributed by atoms with Gasteiger partial charge in [0.25, 0.3) is 5.69 Å². The fourth-order valence-electron chi connectivity index (χ4n) is 4.15. The highest BCUT2D eigenvalue weighted by Gasteiger charge is 2.13. The van der Waals surface area contributed by atoms with E-state index in [1.807, 2.05) is 36.4 Å². The third-order valence-electron chi connectivity index (χ3n) is 6.40. The molecule has 2 N–H and O–H groups in total. The SMILES string of the molecule is O=C(CSc1nc2ccc(N=Cc3cc([N+](=O)[O-])ccc3O)cc2s1)Nc1ccc2nc(SCC(=O)c3ccc(Br)cc3)sc2c1. The number of aliphatic imine (C=N–C) groups is 1. The molecular weight excluding hydrogens is 731 g/mol. The van der Waals surface area contributed by atoms with Crippen LogP contribution in [-0.4, -0.2) is 49.4 Å². The summed E-state index contributed by atoms with van der Waals surface area (Å²) < 4.78 is 4.20. The number of phenols is 1. The molecule has 10 nitrogen and oxygen atoms in total. The van der Waals surface area contributed by atoms with Crippen molar-refractivity contribution in [3.8, 4) is 5.75 Å². The van der Waals surface area contributed by atoms with E-state index in [2.05, 4.69) is 36.2 Å². The van der Waals surface area contributed by atoms with Crippen LogP contribution >= 0.6 is 62.1 Å². The first-order chi connectivity index (χ1) is 22.2. The van der Waals surface area contributed by atoms with Crippen molar-refractivity contribution in [2.75, 3.05) is 16.8 Å². The molecule has 2 aromatic heterocycles. The number of carbonyl (C=O) groups excluding carboxylic acids is 2. The van der Waals surface area contributed by atoms with Gasteiger partial charge < -0.3 is 10.4 Å². The third kappa shape index (κ3) is 7.79. The molecule has 15 heteroatoms. The minimum Gasteiger partial charge on any atom is -0.507 e. The van der Waals surface area contributed by atoms with Gasteiger partial charge in [-0.2, -0.15) is 0 Å². The first kappa shape index (κ1) is 31.8. The number of fused-ring (bicyclic) bond motifs is 2. The predicted molar refractivity (Wildman–Crippen MR) is 190 cm³/mol. The van der Waals surface area contributed by atoms with Crippen LogP contribution in [-0.2, 0) is 4.79 Å². The number of hydrogen-bond acceptors (Lipinski definition) is 12. The second-order valence-electron chi connectivity index (χ2n) is 9.61. The fourth-order valence-corrected chi connectivity index (χ4v) is 8.32. The Morgan fingerprint density at radius 2 is 1.59 bits per heavy atom. The summed E-state index contributed by atoms with van der Waals surface area (Å²) in [4.78, 5) is 49.3. The zero-order valence-electron chi connectivity index (χ0n) is 23.4. The number of amides is 1. The molecule has 4 aromatic carbocycles. The minimum absolute atomic E-state index is 0.0311. The van der Waals surface area contributed by atoms with Crippen LogP contribution < -0.4 is 5.32 Å². The van der Waals surface area contributed by atoms with Crippen molar-refractivity contribution in [1.29, 1.82) is 0 Å². The Kier molecular flexibility index (Phi) is 9.75. The lowest BCUT2D eigenvalue weighted by atomic mass is 10.2. The number of phenolic OH excluding ortho intramolecular Hbond substituents is 1. The van der Waals surface area contributed by atoms with Crippen molar-refractivity contribution in [3.63, 3.8) is 0 Å². The van der Waals surface area contributed by atoms with Crippen molar-refractivity contribution in [2.24, 2.45) is 4.99 Å². The number of halogens is 1. The van der Waals surface area contributed by atoms with Gasteiger partial charge in [0.1, 0.15) is 5.75 Å². The number of nitrogens with zero attached hydrogens (tertiary/aromatic N) is 4. The molecule has 0 bridgehead atoms. The van der Waals surface area contributed by atoms with Crippen LogP contribution in [0.2, 0.25) is 0 Å². The van der Waals surface area contributed by atoms with Crippen LogP contribution in [0.5, 0.6) is 5.75 Å². The van der Waals surface area contributed by atoms with Gasteiger partial charge in [0.15, 0.2) is 14.5 Å². The smallest absolute Gasteiger partial charge is 0.270 e. The number of thioether (sulfide) groups is 2. The van der Waals surface area contributed by atoms with E-state index in [4.69, 9.17) is 0 Å². The van der Waals surface area contributed by atoms with Crippen molar-refractivity contribution in [3.05, 3.63) is 105 Å². The molecule has 6 rings (SSSR count). The Hall–Kier alpha value is -4.15. The minimum atomic E-state index is -0.534. The summed E-state index contributed by atoms with van der Waals surface area (Å²) in [6, 6.07) is 21.9. The van der Waals surface area contributed by atoms with Gasteiger partial charge in [0.05, 0.1) is 42.5 Å². The molecule has 0 saturated heterocycles. The summed E-state index contributed by atoms with van der Waals surface area (Å²) in [5.41, 5.74) is 3.56. The molecule has 0 radical (unpaired) electrons. The maximum Gasteiger partial charge on any atom is 0.270 e. The second kappa shape index (κ2) is 14.1. The number of rotatable bonds is 11. The highest BCUT2D eigenvalue weighted by molar-refractivity contribution is 9.10. The van der Waals surface area contributed by atoms with E-state index < -0.39 is 4.92 Å². The quantitative estimate of drug-likeness (QED) is 0.0436. The highest BCUT2D eigenvalue weighted by atomic mass is 79.9. The van der Waals surface area contributed by atoms with Gasteiger partial charge in [0, 0.05) is 39.6 Å². The Morgan fingerprint density at radius 3 is 2.30 bits per heavy atom. The monoisotopic (exact) mass is 749 g/mol. The van der Waals surface area contributed by atoms with Crippen molar-refractivity contribution >= 4 is 118 Å². The summed E-state index contributed by atoms with van der Waals surface area (Å²) in [5.74, 6) is 0.195. The predicted octanol–water partition coefficient (Wildman–Crippen LogP) is 8.74. The summed E-state index contributed by atoms with van der Waals surface area (Å²) in [6.07, 6.45) is 1.38. The van der Waals surface area contributed by atoms with E-state index in [1.54, 1.807) is 24.3 Å². The Bertz CT molecular complexity index is 2150. The van der Waals surface area contributed by atoms with Crippen LogP contribution in [0.3, 0.4) is 0 Å². The first-order valence-corrected chi connectivity index (χ1v) is 17.8. The number of Topliss-reactive ketones (excluding diaryl/α,β-unsaturated/α-hetero) is 1. The van der Waals surface area contributed by atoms with Gasteiger partial charge in [-0.1, -0.05) is 51.6 Å². The largest absolute Gasteiger partial charge is 0.507 e. The lowest BCUT2D eigenvalue weighted by Crippen LogP contribution is -2.13. The molecule has 0 aliphatic carbocycles. The number of benzene rings is 4. The maximum atomic E-state index is 12.7. The van der Waals surface area contributed by atoms with E-state index in [0.717, 1.165) is 33.6 Å². The normalized spacial score (nSPS) is 11.4. The zero-order valence-corrected chi connectivity index (χ0v) is 28.2. The summed E-state index contributed by atoms with van der Waals surface area (Å²) in [5, 5.41) is 24.0. The number of hydrogen-bond donors (Lipinski definition) is 2. The van der Waals surface area contributed by atoms with E-state index in [0.29, 0.717) is 16.9 Å². The van der Waals surface area contributed by atoms with Crippen LogP contribution in [0.25, 0.3) is 20.4 Å². The number of nitro benzene ring substituents is 1. The second-order valence-corrected chi connectivity index (χ2v) is 15.0. The van der Waals surface area contributed by atoms with E-state index in [9.17, 15) is 24.8 Å². The summed E-state index contributed by atoms with van der Waals surface area (Å²) >= 11 is 9.00. The highest BCUT2D eigenvalue weighted by Crippen LogP contribution is 2.34. The van der Waals surface area contributed by atoms with E-state index >= 15 is 0 Å². The molecule has 46 heavy (non-hydrogen) atoms. The van der Waals surface area contributed by atoms with Gasteiger partial charge >= 0.3 is 0 Å². The molecule has 0 aliphatic heterocycles. The third-order valence-corrected chi connectivity index (χ3v) is 11.3. The Labute approximate surface area is 286 Å². The molecule has 0 fully saturated rings. The average Bonchev–Trinajstić information content (AvgIpc) is 3.65. The van der Waals surface area contributed by atoms with Gasteiger partial charge in [0.2, 0.25) is 5.91 Å². The number of nitrogens with one attached hydrogen (secondary N) is 1. The first-order valence-electron chi connectivity index (χ1n) is 13.4. The number of carbonyl (C=O) groups is 2. The van der Waals surface area contributed by atoms with Gasteiger partial charge in [-0.25, -0.2) is 9.97 Å². The van der Waals surface area contributed by atoms with E-state index in [-0.39, 0.29) is 40.2 Å². The van der Waals surface area contributed by atoms with Crippen LogP contribution in [0, 0.1) is 10.1 Å². The average molecular weight is 751 g/mol. The lowest BCUT2D eigenvalue weighted by molar-refractivity contribution is -0.384. The van der Waals surface area contributed by atoms with Gasteiger partial charge in [-0.05, 0) is 54.6 Å². The molecule has 0 aliphatic rings. The summed E-state index contributed by atoms with van der Waals surface area (Å²) in [6.45, 7) is 0. The molecule has 0 spiro atoms. The number of non-ortho nitro benzene ring substituents is 1. The Balaban J connectivity index is 1.04. The van der Waals surface area contributed by atoms with Gasteiger partial charge in [-0.3, -0.25) is 24.7 Å². The molecule has 1 amide bonds. The molecule has 6 aromatic rings. The number of aromatic nitrogens is 2. The van der Waals surface area contributed by atoms with E-state index in [1.165, 1.54) is 70.6 Å². The number of thiazole rings is 2. The molecule has 0 saturated carbocycles. The van der Waals surface area contributed by atoms with Crippen molar-refractivity contribution in [1.82, 2.24) is 9.97 Å². The molecular formula is C31H20BrN5O5S4. The molecule has 230 valence electrons. The topological polar surface area (TPSA) is 148 Å². The maximum absolute atomic E-state index is 12.7. The molecule has 0 unspecified atom stereocenters.